The minimum absolute atomic E-state index is 0.168. The molecule has 0 spiro atoms. The van der Waals surface area contributed by atoms with Crippen LogP contribution in [-0.4, -0.2) is 50.2 Å². The van der Waals surface area contributed by atoms with E-state index in [9.17, 15) is 5.11 Å². The second kappa shape index (κ2) is 7.22. The lowest BCUT2D eigenvalue weighted by atomic mass is 9.94. The lowest BCUT2D eigenvalue weighted by molar-refractivity contribution is 0.00473. The molecule has 1 saturated heterocycles. The van der Waals surface area contributed by atoms with E-state index in [0.29, 0.717) is 12.5 Å². The highest BCUT2D eigenvalue weighted by Gasteiger charge is 2.22. The van der Waals surface area contributed by atoms with Gasteiger partial charge in [0.25, 0.3) is 0 Å². The van der Waals surface area contributed by atoms with Crippen molar-refractivity contribution >= 4 is 0 Å². The molecule has 2 N–H and O–H groups in total. The predicted octanol–water partition coefficient (Wildman–Crippen LogP) is 0.787. The van der Waals surface area contributed by atoms with Gasteiger partial charge in [-0.15, -0.1) is 0 Å². The molecule has 96 valence electrons. The van der Waals surface area contributed by atoms with Gasteiger partial charge in [0, 0.05) is 32.9 Å². The Morgan fingerprint density at radius 1 is 1.38 bits per heavy atom. The summed E-state index contributed by atoms with van der Waals surface area (Å²) in [6, 6.07) is 0.263. The van der Waals surface area contributed by atoms with Crippen molar-refractivity contribution in [2.75, 3.05) is 26.9 Å². The van der Waals surface area contributed by atoms with Crippen molar-refractivity contribution in [3.05, 3.63) is 0 Å². The molecule has 1 heterocycles. The second-order valence-corrected chi connectivity index (χ2v) is 4.65. The van der Waals surface area contributed by atoms with Crippen LogP contribution in [0.4, 0.5) is 0 Å². The minimum atomic E-state index is -0.268. The maximum Gasteiger partial charge on any atom is 0.0694 e. The van der Waals surface area contributed by atoms with Crippen LogP contribution in [0.1, 0.15) is 26.7 Å². The van der Waals surface area contributed by atoms with Crippen molar-refractivity contribution in [2.24, 2.45) is 5.92 Å². The first-order valence-corrected chi connectivity index (χ1v) is 6.17. The molecule has 3 unspecified atom stereocenters. The summed E-state index contributed by atoms with van der Waals surface area (Å²) in [4.78, 5) is 0. The van der Waals surface area contributed by atoms with Crippen molar-refractivity contribution in [2.45, 2.75) is 44.9 Å². The Hall–Kier alpha value is -0.160. The zero-order valence-corrected chi connectivity index (χ0v) is 10.6. The average molecular weight is 231 g/mol. The first-order valence-electron chi connectivity index (χ1n) is 6.17. The van der Waals surface area contributed by atoms with Gasteiger partial charge in [-0.05, 0) is 32.6 Å². The SMILES string of the molecule is COC(C)C(C)NCC(O)C1CCOCC1. The number of aliphatic hydroxyl groups is 1. The predicted molar refractivity (Wildman–Crippen MR) is 63.5 cm³/mol. The maximum absolute atomic E-state index is 10.0. The van der Waals surface area contributed by atoms with E-state index in [-0.39, 0.29) is 18.2 Å². The molecule has 1 fully saturated rings. The molecule has 1 rings (SSSR count). The number of ether oxygens (including phenoxy) is 2. The van der Waals surface area contributed by atoms with E-state index in [2.05, 4.69) is 12.2 Å². The van der Waals surface area contributed by atoms with Gasteiger partial charge < -0.3 is 19.9 Å². The Kier molecular flexibility index (Phi) is 6.28. The second-order valence-electron chi connectivity index (χ2n) is 4.65. The smallest absolute Gasteiger partial charge is 0.0694 e. The van der Waals surface area contributed by atoms with Crippen LogP contribution in [-0.2, 0) is 9.47 Å². The fourth-order valence-electron chi connectivity index (χ4n) is 1.94. The van der Waals surface area contributed by atoms with Crippen molar-refractivity contribution in [1.29, 1.82) is 0 Å². The molecule has 0 aromatic heterocycles. The molecule has 3 atom stereocenters. The highest BCUT2D eigenvalue weighted by Crippen LogP contribution is 2.18. The highest BCUT2D eigenvalue weighted by atomic mass is 16.5. The molecule has 0 aromatic rings. The van der Waals surface area contributed by atoms with Crippen LogP contribution in [0.5, 0.6) is 0 Å². The quantitative estimate of drug-likeness (QED) is 0.709. The standard InChI is InChI=1S/C12H25NO3/c1-9(10(2)15-3)13-8-12(14)11-4-6-16-7-5-11/h9-14H,4-8H2,1-3H3. The third-order valence-corrected chi connectivity index (χ3v) is 3.53. The zero-order valence-electron chi connectivity index (χ0n) is 10.6. The van der Waals surface area contributed by atoms with E-state index in [1.54, 1.807) is 7.11 Å². The fourth-order valence-corrected chi connectivity index (χ4v) is 1.94. The Balaban J connectivity index is 2.20. The molecule has 0 radical (unpaired) electrons. The first kappa shape index (κ1) is 13.9. The van der Waals surface area contributed by atoms with Gasteiger partial charge in [0.05, 0.1) is 12.2 Å². The van der Waals surface area contributed by atoms with Crippen LogP contribution in [0.2, 0.25) is 0 Å². The van der Waals surface area contributed by atoms with E-state index in [1.807, 2.05) is 6.92 Å². The van der Waals surface area contributed by atoms with Crippen LogP contribution in [0.3, 0.4) is 0 Å². The molecule has 0 bridgehead atoms. The summed E-state index contributed by atoms with van der Waals surface area (Å²) in [6.07, 6.45) is 1.84. The highest BCUT2D eigenvalue weighted by molar-refractivity contribution is 4.76. The average Bonchev–Trinajstić information content (AvgIpc) is 2.35. The van der Waals surface area contributed by atoms with Crippen molar-refractivity contribution < 1.29 is 14.6 Å². The fraction of sp³-hybridized carbons (Fsp3) is 1.00. The third-order valence-electron chi connectivity index (χ3n) is 3.53. The summed E-state index contributed by atoms with van der Waals surface area (Å²) in [7, 11) is 1.71. The van der Waals surface area contributed by atoms with Crippen molar-refractivity contribution in [3.63, 3.8) is 0 Å². The van der Waals surface area contributed by atoms with Gasteiger partial charge in [0.2, 0.25) is 0 Å². The molecule has 0 aliphatic carbocycles. The van der Waals surface area contributed by atoms with Gasteiger partial charge >= 0.3 is 0 Å². The summed E-state index contributed by atoms with van der Waals surface area (Å²) >= 11 is 0. The molecular weight excluding hydrogens is 206 g/mol. The van der Waals surface area contributed by atoms with E-state index >= 15 is 0 Å². The molecule has 4 heteroatoms. The van der Waals surface area contributed by atoms with Gasteiger partial charge in [-0.1, -0.05) is 0 Å². The van der Waals surface area contributed by atoms with E-state index in [4.69, 9.17) is 9.47 Å². The minimum Gasteiger partial charge on any atom is -0.392 e. The summed E-state index contributed by atoms with van der Waals surface area (Å²) < 4.78 is 10.5. The van der Waals surface area contributed by atoms with Gasteiger partial charge in [0.15, 0.2) is 0 Å². The molecule has 1 aliphatic heterocycles. The van der Waals surface area contributed by atoms with Crippen LogP contribution in [0.25, 0.3) is 0 Å². The molecule has 4 nitrogen and oxygen atoms in total. The van der Waals surface area contributed by atoms with Crippen LogP contribution < -0.4 is 5.32 Å². The topological polar surface area (TPSA) is 50.7 Å². The summed E-state index contributed by atoms with van der Waals surface area (Å²) in [5, 5.41) is 13.3. The number of nitrogens with one attached hydrogen (secondary N) is 1. The molecule has 0 aromatic carbocycles. The van der Waals surface area contributed by atoms with Gasteiger partial charge in [0.1, 0.15) is 0 Å². The molecular formula is C12H25NO3. The van der Waals surface area contributed by atoms with Crippen molar-refractivity contribution in [3.8, 4) is 0 Å². The first-order chi connectivity index (χ1) is 7.65. The lowest BCUT2D eigenvalue weighted by Crippen LogP contribution is -2.43. The normalized spacial score (nSPS) is 24.0. The summed E-state index contributed by atoms with van der Waals surface area (Å²) in [5.74, 6) is 0.381. The van der Waals surface area contributed by atoms with E-state index < -0.39 is 0 Å². The lowest BCUT2D eigenvalue weighted by Gasteiger charge is -2.28. The van der Waals surface area contributed by atoms with Gasteiger partial charge in [-0.3, -0.25) is 0 Å². The summed E-state index contributed by atoms with van der Waals surface area (Å²) in [5.41, 5.74) is 0. The van der Waals surface area contributed by atoms with E-state index in [1.165, 1.54) is 0 Å². The number of aliphatic hydroxyl groups excluding tert-OH is 1. The molecule has 16 heavy (non-hydrogen) atoms. The molecule has 1 aliphatic rings. The molecule has 0 amide bonds. The number of rotatable bonds is 6. The zero-order chi connectivity index (χ0) is 12.0. The molecule has 0 saturated carbocycles. The van der Waals surface area contributed by atoms with Gasteiger partial charge in [-0.25, -0.2) is 0 Å². The van der Waals surface area contributed by atoms with Crippen LogP contribution >= 0.6 is 0 Å². The Bertz CT molecular complexity index is 183. The largest absolute Gasteiger partial charge is 0.392 e. The Labute approximate surface area is 98.3 Å². The number of hydrogen-bond acceptors (Lipinski definition) is 4. The Morgan fingerprint density at radius 2 is 2.00 bits per heavy atom. The number of hydrogen-bond donors (Lipinski definition) is 2. The van der Waals surface area contributed by atoms with E-state index in [0.717, 1.165) is 26.1 Å². The van der Waals surface area contributed by atoms with Crippen LogP contribution in [0, 0.1) is 5.92 Å². The monoisotopic (exact) mass is 231 g/mol. The van der Waals surface area contributed by atoms with Gasteiger partial charge in [-0.2, -0.15) is 0 Å². The maximum atomic E-state index is 10.0. The number of methoxy groups -OCH3 is 1. The summed E-state index contributed by atoms with van der Waals surface area (Å²) in [6.45, 7) is 6.31. The van der Waals surface area contributed by atoms with Crippen molar-refractivity contribution in [1.82, 2.24) is 5.32 Å². The van der Waals surface area contributed by atoms with Crippen LogP contribution in [0.15, 0.2) is 0 Å². The Morgan fingerprint density at radius 3 is 2.56 bits per heavy atom. The third kappa shape index (κ3) is 4.37.